The SMILES string of the molecule is Cn1c(COc2ccc(F)c(Cl)c2)nnc1SCC(=O)Nc1ccccc1[N+](=O)[O-]. The van der Waals surface area contributed by atoms with E-state index in [4.69, 9.17) is 16.3 Å². The average molecular weight is 452 g/mol. The molecule has 12 heteroatoms. The van der Waals surface area contributed by atoms with Crippen LogP contribution in [-0.2, 0) is 18.4 Å². The molecule has 1 amide bonds. The summed E-state index contributed by atoms with van der Waals surface area (Å²) in [6.07, 6.45) is 0. The van der Waals surface area contributed by atoms with Crippen molar-refractivity contribution in [1.82, 2.24) is 14.8 Å². The molecule has 1 heterocycles. The molecule has 0 fully saturated rings. The molecule has 0 saturated carbocycles. The van der Waals surface area contributed by atoms with Gasteiger partial charge in [-0.3, -0.25) is 14.9 Å². The lowest BCUT2D eigenvalue weighted by Crippen LogP contribution is -2.15. The van der Waals surface area contributed by atoms with Crippen molar-refractivity contribution in [2.45, 2.75) is 11.8 Å². The van der Waals surface area contributed by atoms with Gasteiger partial charge in [0, 0.05) is 19.2 Å². The summed E-state index contributed by atoms with van der Waals surface area (Å²) in [5.41, 5.74) is -0.0621. The van der Waals surface area contributed by atoms with Gasteiger partial charge in [0.25, 0.3) is 5.69 Å². The van der Waals surface area contributed by atoms with Gasteiger partial charge in [0.1, 0.15) is 23.9 Å². The van der Waals surface area contributed by atoms with Crippen molar-refractivity contribution >= 4 is 40.6 Å². The zero-order valence-electron chi connectivity index (χ0n) is 15.5. The first-order valence-corrected chi connectivity index (χ1v) is 9.83. The molecule has 0 aliphatic carbocycles. The summed E-state index contributed by atoms with van der Waals surface area (Å²) in [6, 6.07) is 9.89. The molecule has 0 atom stereocenters. The molecule has 9 nitrogen and oxygen atoms in total. The molecule has 0 spiro atoms. The normalized spacial score (nSPS) is 10.6. The Morgan fingerprint density at radius 1 is 1.33 bits per heavy atom. The van der Waals surface area contributed by atoms with Crippen LogP contribution in [0.25, 0.3) is 0 Å². The minimum atomic E-state index is -0.563. The van der Waals surface area contributed by atoms with Crippen LogP contribution in [0.4, 0.5) is 15.8 Å². The van der Waals surface area contributed by atoms with E-state index in [2.05, 4.69) is 15.5 Å². The summed E-state index contributed by atoms with van der Waals surface area (Å²) in [6.45, 7) is 0.0639. The van der Waals surface area contributed by atoms with E-state index in [1.165, 1.54) is 36.4 Å². The number of anilines is 1. The summed E-state index contributed by atoms with van der Waals surface area (Å²) < 4.78 is 20.4. The number of nitrogens with zero attached hydrogens (tertiary/aromatic N) is 4. The molecular formula is C18H15ClFN5O4S. The minimum Gasteiger partial charge on any atom is -0.486 e. The molecule has 0 radical (unpaired) electrons. The van der Waals surface area contributed by atoms with Gasteiger partial charge in [-0.15, -0.1) is 10.2 Å². The number of benzene rings is 2. The number of carbonyl (C=O) groups excluding carboxylic acids is 1. The number of hydrogen-bond donors (Lipinski definition) is 1. The van der Waals surface area contributed by atoms with E-state index >= 15 is 0 Å². The maximum absolute atomic E-state index is 13.2. The first kappa shape index (κ1) is 21.5. The Labute approximate surface area is 179 Å². The second-order valence-electron chi connectivity index (χ2n) is 5.93. The number of hydrogen-bond acceptors (Lipinski definition) is 7. The number of nitro groups is 1. The fourth-order valence-corrected chi connectivity index (χ4v) is 3.27. The number of ether oxygens (including phenoxy) is 1. The van der Waals surface area contributed by atoms with Gasteiger partial charge < -0.3 is 14.6 Å². The maximum atomic E-state index is 13.2. The third-order valence-electron chi connectivity index (χ3n) is 3.89. The number of aromatic nitrogens is 3. The van der Waals surface area contributed by atoms with Crippen molar-refractivity contribution in [3.8, 4) is 5.75 Å². The predicted octanol–water partition coefficient (Wildman–Crippen LogP) is 3.83. The zero-order chi connectivity index (χ0) is 21.7. The van der Waals surface area contributed by atoms with Crippen molar-refractivity contribution in [2.24, 2.45) is 7.05 Å². The number of rotatable bonds is 8. The van der Waals surface area contributed by atoms with Gasteiger partial charge in [-0.25, -0.2) is 4.39 Å². The Kier molecular flexibility index (Phi) is 6.85. The third kappa shape index (κ3) is 5.24. The number of nitro benzene ring substituents is 1. The fourth-order valence-electron chi connectivity index (χ4n) is 2.37. The number of thioether (sulfide) groups is 1. The van der Waals surface area contributed by atoms with Crippen LogP contribution in [0.3, 0.4) is 0 Å². The summed E-state index contributed by atoms with van der Waals surface area (Å²) in [5.74, 6) is -0.122. The van der Waals surface area contributed by atoms with Crippen LogP contribution in [0.5, 0.6) is 5.75 Å². The fraction of sp³-hybridized carbons (Fsp3) is 0.167. The highest BCUT2D eigenvalue weighted by Crippen LogP contribution is 2.25. The highest BCUT2D eigenvalue weighted by atomic mass is 35.5. The predicted molar refractivity (Wildman–Crippen MR) is 109 cm³/mol. The lowest BCUT2D eigenvalue weighted by Gasteiger charge is -2.07. The smallest absolute Gasteiger partial charge is 0.292 e. The first-order valence-electron chi connectivity index (χ1n) is 8.47. The molecule has 0 saturated heterocycles. The maximum Gasteiger partial charge on any atom is 0.292 e. The first-order chi connectivity index (χ1) is 14.3. The van der Waals surface area contributed by atoms with E-state index in [0.29, 0.717) is 16.7 Å². The van der Waals surface area contributed by atoms with Gasteiger partial charge in [0.15, 0.2) is 11.0 Å². The Hall–Kier alpha value is -3.18. The van der Waals surface area contributed by atoms with Crippen molar-refractivity contribution in [3.63, 3.8) is 0 Å². The van der Waals surface area contributed by atoms with Gasteiger partial charge in [0.05, 0.1) is 15.7 Å². The van der Waals surface area contributed by atoms with Crippen LogP contribution in [0, 0.1) is 15.9 Å². The van der Waals surface area contributed by atoms with Gasteiger partial charge in [-0.2, -0.15) is 0 Å². The van der Waals surface area contributed by atoms with Crippen molar-refractivity contribution < 1.29 is 18.8 Å². The number of para-hydroxylation sites is 2. The lowest BCUT2D eigenvalue weighted by atomic mass is 10.2. The van der Waals surface area contributed by atoms with Crippen LogP contribution in [0.2, 0.25) is 5.02 Å². The molecule has 3 rings (SSSR count). The molecule has 1 aromatic heterocycles. The Morgan fingerprint density at radius 3 is 2.83 bits per heavy atom. The molecular weight excluding hydrogens is 437 g/mol. The molecule has 1 N–H and O–H groups in total. The van der Waals surface area contributed by atoms with Gasteiger partial charge in [-0.1, -0.05) is 35.5 Å². The van der Waals surface area contributed by atoms with E-state index in [1.807, 2.05) is 0 Å². The highest BCUT2D eigenvalue weighted by molar-refractivity contribution is 7.99. The van der Waals surface area contributed by atoms with Crippen molar-refractivity contribution in [1.29, 1.82) is 0 Å². The topological polar surface area (TPSA) is 112 Å². The van der Waals surface area contributed by atoms with E-state index in [0.717, 1.165) is 11.8 Å². The van der Waals surface area contributed by atoms with E-state index in [-0.39, 0.29) is 28.8 Å². The Balaban J connectivity index is 1.56. The molecule has 0 unspecified atom stereocenters. The lowest BCUT2D eigenvalue weighted by molar-refractivity contribution is -0.383. The average Bonchev–Trinajstić information content (AvgIpc) is 3.07. The number of nitrogens with one attached hydrogen (secondary N) is 1. The van der Waals surface area contributed by atoms with Crippen LogP contribution < -0.4 is 10.1 Å². The van der Waals surface area contributed by atoms with Gasteiger partial charge in [-0.05, 0) is 18.2 Å². The molecule has 30 heavy (non-hydrogen) atoms. The second kappa shape index (κ2) is 9.55. The van der Waals surface area contributed by atoms with Gasteiger partial charge >= 0.3 is 0 Å². The summed E-state index contributed by atoms with van der Waals surface area (Å²) in [5, 5.41) is 22.0. The van der Waals surface area contributed by atoms with Crippen LogP contribution >= 0.6 is 23.4 Å². The molecule has 0 aliphatic rings. The van der Waals surface area contributed by atoms with E-state index in [1.54, 1.807) is 17.7 Å². The van der Waals surface area contributed by atoms with E-state index < -0.39 is 16.6 Å². The molecule has 2 aromatic carbocycles. The molecule has 156 valence electrons. The Bertz CT molecular complexity index is 1090. The second-order valence-corrected chi connectivity index (χ2v) is 7.28. The molecule has 0 bridgehead atoms. The quantitative estimate of drug-likeness (QED) is 0.314. The van der Waals surface area contributed by atoms with E-state index in [9.17, 15) is 19.3 Å². The summed E-state index contributed by atoms with van der Waals surface area (Å²) in [4.78, 5) is 22.6. The number of halogens is 2. The summed E-state index contributed by atoms with van der Waals surface area (Å²) >= 11 is 6.84. The zero-order valence-corrected chi connectivity index (χ0v) is 17.1. The van der Waals surface area contributed by atoms with Crippen LogP contribution in [-0.4, -0.2) is 31.3 Å². The minimum absolute atomic E-state index is 0.0214. The standard InChI is InChI=1S/C18H15ClFN5O4S/c1-24-16(9-29-11-6-7-13(20)12(19)8-11)22-23-18(24)30-10-17(26)21-14-4-2-3-5-15(14)25(27)28/h2-8H,9-10H2,1H3,(H,21,26). The number of carbonyl (C=O) groups is 1. The Morgan fingerprint density at radius 2 is 2.10 bits per heavy atom. The van der Waals surface area contributed by atoms with Crippen LogP contribution in [0.15, 0.2) is 47.6 Å². The third-order valence-corrected chi connectivity index (χ3v) is 5.20. The highest BCUT2D eigenvalue weighted by Gasteiger charge is 2.16. The number of amides is 1. The van der Waals surface area contributed by atoms with Crippen molar-refractivity contribution in [2.75, 3.05) is 11.1 Å². The summed E-state index contributed by atoms with van der Waals surface area (Å²) in [7, 11) is 1.71. The molecule has 3 aromatic rings. The largest absolute Gasteiger partial charge is 0.486 e. The van der Waals surface area contributed by atoms with Crippen LogP contribution in [0.1, 0.15) is 5.82 Å². The van der Waals surface area contributed by atoms with Gasteiger partial charge in [0.2, 0.25) is 5.91 Å². The van der Waals surface area contributed by atoms with Crippen molar-refractivity contribution in [3.05, 3.63) is 69.2 Å². The molecule has 0 aliphatic heterocycles. The monoisotopic (exact) mass is 451 g/mol.